The van der Waals surface area contributed by atoms with Crippen molar-refractivity contribution in [3.8, 4) is 6.07 Å². The highest BCUT2D eigenvalue weighted by Gasteiger charge is 2.26. The lowest BCUT2D eigenvalue weighted by molar-refractivity contribution is 0.0937. The fraction of sp³-hybridized carbons (Fsp3) is 0.190. The van der Waals surface area contributed by atoms with Crippen molar-refractivity contribution in [1.29, 1.82) is 5.26 Å². The average Bonchev–Trinajstić information content (AvgIpc) is 3.21. The second-order valence-electron chi connectivity index (χ2n) is 6.85. The molecule has 3 rings (SSSR count). The van der Waals surface area contributed by atoms with Crippen molar-refractivity contribution in [3.63, 3.8) is 0 Å². The van der Waals surface area contributed by atoms with Crippen LogP contribution in [0.15, 0.2) is 60.9 Å². The highest BCUT2D eigenvalue weighted by Crippen LogP contribution is 2.21. The van der Waals surface area contributed by atoms with Gasteiger partial charge in [0.15, 0.2) is 0 Å². The predicted molar refractivity (Wildman–Crippen MR) is 107 cm³/mol. The van der Waals surface area contributed by atoms with Gasteiger partial charge in [0, 0.05) is 12.7 Å². The summed E-state index contributed by atoms with van der Waals surface area (Å²) in [4.78, 5) is 28.8. The van der Waals surface area contributed by atoms with E-state index in [4.69, 9.17) is 0 Å². The van der Waals surface area contributed by atoms with E-state index in [-0.39, 0.29) is 23.6 Å². The molecule has 0 radical (unpaired) electrons. The van der Waals surface area contributed by atoms with E-state index in [1.807, 2.05) is 30.3 Å². The summed E-state index contributed by atoms with van der Waals surface area (Å²) in [5.41, 5.74) is 0.791. The molecule has 29 heavy (non-hydrogen) atoms. The van der Waals surface area contributed by atoms with Crippen LogP contribution in [0.2, 0.25) is 0 Å². The number of nitrogens with one attached hydrogen (secondary N) is 3. The van der Waals surface area contributed by atoms with E-state index < -0.39 is 17.2 Å². The molecule has 3 aromatic rings. The Morgan fingerprint density at radius 2 is 1.90 bits per heavy atom. The van der Waals surface area contributed by atoms with Gasteiger partial charge in [-0.05, 0) is 31.0 Å². The molecule has 2 amide bonds. The highest BCUT2D eigenvalue weighted by atomic mass is 16.2. The third-order valence-corrected chi connectivity index (χ3v) is 4.36. The van der Waals surface area contributed by atoms with E-state index in [1.54, 1.807) is 25.1 Å². The van der Waals surface area contributed by atoms with Gasteiger partial charge in [-0.1, -0.05) is 36.4 Å². The van der Waals surface area contributed by atoms with Crippen molar-refractivity contribution in [2.75, 3.05) is 11.9 Å². The summed E-state index contributed by atoms with van der Waals surface area (Å²) in [5, 5.41) is 21.4. The Kier molecular flexibility index (Phi) is 6.00. The van der Waals surface area contributed by atoms with E-state index in [2.05, 4.69) is 31.9 Å². The molecule has 1 aromatic carbocycles. The molecule has 1 unspecified atom stereocenters. The second kappa shape index (κ2) is 8.80. The lowest BCUT2D eigenvalue weighted by Crippen LogP contribution is -2.36. The summed E-state index contributed by atoms with van der Waals surface area (Å²) in [5.74, 6) is -0.916. The zero-order valence-electron chi connectivity index (χ0n) is 15.8. The number of aromatic amines is 1. The minimum absolute atomic E-state index is 0.106. The van der Waals surface area contributed by atoms with Crippen LogP contribution in [-0.4, -0.2) is 33.5 Å². The first-order chi connectivity index (χ1) is 14.0. The van der Waals surface area contributed by atoms with Gasteiger partial charge in [-0.2, -0.15) is 10.4 Å². The summed E-state index contributed by atoms with van der Waals surface area (Å²) >= 11 is 0. The summed E-state index contributed by atoms with van der Waals surface area (Å²) in [6, 6.07) is 16.9. The van der Waals surface area contributed by atoms with E-state index >= 15 is 0 Å². The average molecular weight is 388 g/mol. The quantitative estimate of drug-likeness (QED) is 0.574. The number of pyridine rings is 1. The molecular weight excluding hydrogens is 368 g/mol. The Hall–Kier alpha value is -3.99. The minimum atomic E-state index is -0.783. The molecule has 0 bridgehead atoms. The van der Waals surface area contributed by atoms with Crippen LogP contribution in [0.4, 0.5) is 5.69 Å². The Morgan fingerprint density at radius 1 is 1.14 bits per heavy atom. The van der Waals surface area contributed by atoms with E-state index in [0.29, 0.717) is 6.42 Å². The zero-order valence-corrected chi connectivity index (χ0v) is 15.8. The summed E-state index contributed by atoms with van der Waals surface area (Å²) < 4.78 is 0. The molecule has 8 nitrogen and oxygen atoms in total. The Labute approximate surface area is 168 Å². The van der Waals surface area contributed by atoms with Crippen LogP contribution in [0.3, 0.4) is 0 Å². The SMILES string of the molecule is CC(C#N)(CNC(=O)c1[nH]ncc1NC(=O)c1ccccn1)Cc1ccccc1. The van der Waals surface area contributed by atoms with E-state index in [0.717, 1.165) is 5.56 Å². The standard InChI is InChI=1S/C21H20N6O2/c1-21(13-22,11-15-7-3-2-4-8-15)14-24-20(29)18-17(12-25-27-18)26-19(28)16-9-5-6-10-23-16/h2-10,12H,11,14H2,1H3,(H,24,29)(H,25,27)(H,26,28). The molecular formula is C21H20N6O2. The number of rotatable bonds is 7. The third kappa shape index (κ3) is 5.05. The van der Waals surface area contributed by atoms with Gasteiger partial charge in [0.05, 0.1) is 23.4 Å². The van der Waals surface area contributed by atoms with Crippen molar-refractivity contribution in [2.24, 2.45) is 5.41 Å². The number of carbonyl (C=O) groups is 2. The van der Waals surface area contributed by atoms with Crippen molar-refractivity contribution in [3.05, 3.63) is 77.9 Å². The highest BCUT2D eigenvalue weighted by molar-refractivity contribution is 6.07. The molecule has 3 N–H and O–H groups in total. The van der Waals surface area contributed by atoms with Crippen molar-refractivity contribution in [1.82, 2.24) is 20.5 Å². The molecule has 8 heteroatoms. The van der Waals surface area contributed by atoms with Crippen LogP contribution in [0, 0.1) is 16.7 Å². The molecule has 1 atom stereocenters. The Balaban J connectivity index is 1.65. The van der Waals surface area contributed by atoms with Gasteiger partial charge in [0.1, 0.15) is 11.4 Å². The van der Waals surface area contributed by atoms with Gasteiger partial charge in [-0.25, -0.2) is 0 Å². The fourth-order valence-electron chi connectivity index (χ4n) is 2.79. The van der Waals surface area contributed by atoms with Crippen molar-refractivity contribution < 1.29 is 9.59 Å². The van der Waals surface area contributed by atoms with Gasteiger partial charge in [0.25, 0.3) is 11.8 Å². The molecule has 0 fully saturated rings. The van der Waals surface area contributed by atoms with Crippen LogP contribution in [0.25, 0.3) is 0 Å². The molecule has 0 spiro atoms. The molecule has 0 aliphatic carbocycles. The number of benzene rings is 1. The number of carbonyl (C=O) groups excluding carboxylic acids is 2. The van der Waals surface area contributed by atoms with Crippen molar-refractivity contribution >= 4 is 17.5 Å². The number of nitrogens with zero attached hydrogens (tertiary/aromatic N) is 3. The maximum Gasteiger partial charge on any atom is 0.274 e. The summed E-state index contributed by atoms with van der Waals surface area (Å²) in [6.45, 7) is 1.93. The number of hydrogen-bond acceptors (Lipinski definition) is 5. The maximum atomic E-state index is 12.6. The number of aromatic nitrogens is 3. The van der Waals surface area contributed by atoms with Crippen LogP contribution >= 0.6 is 0 Å². The first-order valence-electron chi connectivity index (χ1n) is 9.00. The lowest BCUT2D eigenvalue weighted by Gasteiger charge is -2.22. The lowest BCUT2D eigenvalue weighted by atomic mass is 9.85. The topological polar surface area (TPSA) is 124 Å². The Bertz CT molecular complexity index is 1030. The van der Waals surface area contributed by atoms with Crippen LogP contribution in [0.1, 0.15) is 33.5 Å². The number of H-pyrrole nitrogens is 1. The van der Waals surface area contributed by atoms with Crippen molar-refractivity contribution in [2.45, 2.75) is 13.3 Å². The summed E-state index contributed by atoms with van der Waals surface area (Å²) in [6.07, 6.45) is 3.35. The normalized spacial score (nSPS) is 12.4. The van der Waals surface area contributed by atoms with Gasteiger partial charge in [-0.3, -0.25) is 19.7 Å². The molecule has 2 aromatic heterocycles. The van der Waals surface area contributed by atoms with Gasteiger partial charge >= 0.3 is 0 Å². The van der Waals surface area contributed by atoms with Gasteiger partial charge in [-0.15, -0.1) is 0 Å². The van der Waals surface area contributed by atoms with E-state index in [9.17, 15) is 14.9 Å². The minimum Gasteiger partial charge on any atom is -0.349 e. The van der Waals surface area contributed by atoms with Crippen LogP contribution in [0.5, 0.6) is 0 Å². The van der Waals surface area contributed by atoms with Gasteiger partial charge in [0.2, 0.25) is 0 Å². The smallest absolute Gasteiger partial charge is 0.274 e. The molecule has 0 aliphatic rings. The number of nitriles is 1. The van der Waals surface area contributed by atoms with Crippen LogP contribution < -0.4 is 10.6 Å². The predicted octanol–water partition coefficient (Wildman–Crippen LogP) is 2.56. The molecule has 146 valence electrons. The first-order valence-corrected chi connectivity index (χ1v) is 9.00. The summed E-state index contributed by atoms with van der Waals surface area (Å²) in [7, 11) is 0. The monoisotopic (exact) mass is 388 g/mol. The first kappa shape index (κ1) is 19.8. The molecule has 0 saturated carbocycles. The van der Waals surface area contributed by atoms with E-state index in [1.165, 1.54) is 12.4 Å². The number of hydrogen-bond donors (Lipinski definition) is 3. The zero-order chi connectivity index (χ0) is 20.7. The second-order valence-corrected chi connectivity index (χ2v) is 6.85. The molecule has 2 heterocycles. The molecule has 0 saturated heterocycles. The Morgan fingerprint density at radius 3 is 2.59 bits per heavy atom. The number of amides is 2. The van der Waals surface area contributed by atoms with Gasteiger partial charge < -0.3 is 10.6 Å². The van der Waals surface area contributed by atoms with Crippen LogP contribution in [-0.2, 0) is 6.42 Å². The largest absolute Gasteiger partial charge is 0.349 e. The molecule has 0 aliphatic heterocycles. The maximum absolute atomic E-state index is 12.6. The fourth-order valence-corrected chi connectivity index (χ4v) is 2.79. The third-order valence-electron chi connectivity index (χ3n) is 4.36. The number of anilines is 1.